The molecule has 3 rings (SSSR count). The first kappa shape index (κ1) is 18.6. The second-order valence-corrected chi connectivity index (χ2v) is 6.65. The van der Waals surface area contributed by atoms with Gasteiger partial charge in [-0.05, 0) is 75.2 Å². The van der Waals surface area contributed by atoms with Crippen molar-refractivity contribution in [1.29, 1.82) is 0 Å². The highest BCUT2D eigenvalue weighted by molar-refractivity contribution is 5.97. The second-order valence-electron chi connectivity index (χ2n) is 6.65. The average molecular weight is 366 g/mol. The van der Waals surface area contributed by atoms with Gasteiger partial charge in [0.05, 0.1) is 0 Å². The lowest BCUT2D eigenvalue weighted by atomic mass is 10.1. The predicted molar refractivity (Wildman–Crippen MR) is 102 cm³/mol. The van der Waals surface area contributed by atoms with E-state index in [2.05, 4.69) is 10.6 Å². The van der Waals surface area contributed by atoms with Gasteiger partial charge in [0.25, 0.3) is 11.8 Å². The second kappa shape index (κ2) is 8.03. The van der Waals surface area contributed by atoms with Crippen LogP contribution in [0.4, 0.5) is 5.69 Å². The van der Waals surface area contributed by atoms with Gasteiger partial charge in [0.1, 0.15) is 5.75 Å². The summed E-state index contributed by atoms with van der Waals surface area (Å²) in [7, 11) is 0. The summed E-state index contributed by atoms with van der Waals surface area (Å²) in [6, 6.07) is 13.7. The topological polar surface area (TPSA) is 84.5 Å². The number of carbonyl (C=O) groups excluding carboxylic acids is 3. The molecule has 0 spiro atoms. The largest absolute Gasteiger partial charge is 0.481 e. The number of rotatable bonds is 7. The van der Waals surface area contributed by atoms with Crippen LogP contribution in [0, 0.1) is 0 Å². The quantitative estimate of drug-likeness (QED) is 0.737. The van der Waals surface area contributed by atoms with Crippen LogP contribution in [0.1, 0.15) is 47.4 Å². The van der Waals surface area contributed by atoms with Crippen molar-refractivity contribution in [3.05, 3.63) is 59.7 Å². The normalized spacial score (nSPS) is 14.1. The highest BCUT2D eigenvalue weighted by Gasteiger charge is 2.23. The number of carbonyl (C=O) groups is 3. The van der Waals surface area contributed by atoms with E-state index >= 15 is 0 Å². The van der Waals surface area contributed by atoms with Crippen molar-refractivity contribution < 1.29 is 19.1 Å². The van der Waals surface area contributed by atoms with Crippen molar-refractivity contribution in [1.82, 2.24) is 5.32 Å². The summed E-state index contributed by atoms with van der Waals surface area (Å²) >= 11 is 0. The number of ether oxygens (including phenoxy) is 1. The minimum absolute atomic E-state index is 0.0263. The summed E-state index contributed by atoms with van der Waals surface area (Å²) in [4.78, 5) is 35.5. The molecule has 0 aliphatic heterocycles. The molecule has 140 valence electrons. The highest BCUT2D eigenvalue weighted by Crippen LogP contribution is 2.20. The van der Waals surface area contributed by atoms with Crippen molar-refractivity contribution in [3.63, 3.8) is 0 Å². The highest BCUT2D eigenvalue weighted by atomic mass is 16.5. The van der Waals surface area contributed by atoms with Crippen LogP contribution in [0.5, 0.6) is 5.75 Å². The van der Waals surface area contributed by atoms with E-state index in [0.29, 0.717) is 28.6 Å². The van der Waals surface area contributed by atoms with Crippen LogP contribution in [-0.4, -0.2) is 29.7 Å². The Morgan fingerprint density at radius 1 is 0.963 bits per heavy atom. The van der Waals surface area contributed by atoms with Gasteiger partial charge in [0.2, 0.25) is 0 Å². The summed E-state index contributed by atoms with van der Waals surface area (Å²) in [6.45, 7) is 3.14. The smallest absolute Gasteiger partial charge is 0.265 e. The summed E-state index contributed by atoms with van der Waals surface area (Å²) in [5, 5.41) is 5.68. The zero-order valence-corrected chi connectivity index (χ0v) is 15.3. The first-order valence-corrected chi connectivity index (χ1v) is 8.92. The third-order valence-corrected chi connectivity index (χ3v) is 4.27. The van der Waals surface area contributed by atoms with Crippen LogP contribution >= 0.6 is 0 Å². The maximum Gasteiger partial charge on any atom is 0.265 e. The molecule has 1 fully saturated rings. The van der Waals surface area contributed by atoms with Crippen LogP contribution in [0.25, 0.3) is 0 Å². The Morgan fingerprint density at radius 2 is 1.56 bits per heavy atom. The number of Topliss-reactive ketones (excluding diaryl/α,β-unsaturated/α-hetero) is 1. The Labute approximate surface area is 157 Å². The lowest BCUT2D eigenvalue weighted by Crippen LogP contribution is -2.30. The van der Waals surface area contributed by atoms with E-state index in [9.17, 15) is 14.4 Å². The molecule has 0 bridgehead atoms. The number of benzene rings is 2. The van der Waals surface area contributed by atoms with Gasteiger partial charge in [0.15, 0.2) is 11.9 Å². The van der Waals surface area contributed by atoms with Gasteiger partial charge in [0, 0.05) is 22.9 Å². The molecule has 1 aliphatic carbocycles. The summed E-state index contributed by atoms with van der Waals surface area (Å²) in [5.74, 6) is 0.0817. The molecule has 27 heavy (non-hydrogen) atoms. The van der Waals surface area contributed by atoms with E-state index < -0.39 is 6.10 Å². The third-order valence-electron chi connectivity index (χ3n) is 4.27. The Balaban J connectivity index is 1.54. The van der Waals surface area contributed by atoms with Gasteiger partial charge in [-0.1, -0.05) is 0 Å². The molecular formula is C21H22N2O4. The van der Waals surface area contributed by atoms with E-state index in [4.69, 9.17) is 4.74 Å². The molecule has 6 nitrogen and oxygen atoms in total. The molecule has 2 aromatic carbocycles. The number of amides is 2. The van der Waals surface area contributed by atoms with Crippen molar-refractivity contribution in [2.24, 2.45) is 0 Å². The summed E-state index contributed by atoms with van der Waals surface area (Å²) in [5.41, 5.74) is 1.74. The molecule has 2 N–H and O–H groups in total. The van der Waals surface area contributed by atoms with Crippen molar-refractivity contribution in [2.75, 3.05) is 5.32 Å². The van der Waals surface area contributed by atoms with E-state index in [-0.39, 0.29) is 17.6 Å². The fourth-order valence-electron chi connectivity index (χ4n) is 2.47. The molecular weight excluding hydrogens is 344 g/mol. The van der Waals surface area contributed by atoms with Gasteiger partial charge in [-0.15, -0.1) is 0 Å². The van der Waals surface area contributed by atoms with Crippen molar-refractivity contribution >= 4 is 23.3 Å². The minimum atomic E-state index is -0.717. The minimum Gasteiger partial charge on any atom is -0.481 e. The molecule has 0 unspecified atom stereocenters. The van der Waals surface area contributed by atoms with Gasteiger partial charge in [-0.25, -0.2) is 0 Å². The molecule has 1 aliphatic rings. The van der Waals surface area contributed by atoms with Crippen LogP contribution < -0.4 is 15.4 Å². The Bertz CT molecular complexity index is 839. The van der Waals surface area contributed by atoms with Crippen LogP contribution in [-0.2, 0) is 4.79 Å². The van der Waals surface area contributed by atoms with E-state index in [1.807, 2.05) is 0 Å². The van der Waals surface area contributed by atoms with Gasteiger partial charge in [-0.2, -0.15) is 0 Å². The van der Waals surface area contributed by atoms with Crippen molar-refractivity contribution in [2.45, 2.75) is 38.8 Å². The van der Waals surface area contributed by atoms with Crippen LogP contribution in [0.2, 0.25) is 0 Å². The first-order valence-electron chi connectivity index (χ1n) is 8.92. The summed E-state index contributed by atoms with van der Waals surface area (Å²) < 4.78 is 5.61. The van der Waals surface area contributed by atoms with Crippen molar-refractivity contribution in [3.8, 4) is 5.75 Å². The fourth-order valence-corrected chi connectivity index (χ4v) is 2.47. The molecule has 0 saturated heterocycles. The summed E-state index contributed by atoms with van der Waals surface area (Å²) in [6.07, 6.45) is 1.36. The SMILES string of the molecule is CC(=O)c1ccc(O[C@@H](C)C(=O)Nc2ccc(C(=O)NC3CC3)cc2)cc1. The van der Waals surface area contributed by atoms with E-state index in [1.165, 1.54) is 6.92 Å². The number of anilines is 1. The molecule has 2 amide bonds. The zero-order valence-electron chi connectivity index (χ0n) is 15.3. The Hall–Kier alpha value is -3.15. The molecule has 0 radical (unpaired) electrons. The fraction of sp³-hybridized carbons (Fsp3) is 0.286. The Morgan fingerprint density at radius 3 is 2.11 bits per heavy atom. The third kappa shape index (κ3) is 5.17. The number of hydrogen-bond acceptors (Lipinski definition) is 4. The molecule has 0 heterocycles. The van der Waals surface area contributed by atoms with Gasteiger partial charge >= 0.3 is 0 Å². The first-order chi connectivity index (χ1) is 12.9. The Kier molecular flexibility index (Phi) is 5.54. The van der Waals surface area contributed by atoms with Crippen LogP contribution in [0.15, 0.2) is 48.5 Å². The number of ketones is 1. The maximum atomic E-state index is 12.3. The molecule has 1 saturated carbocycles. The number of nitrogens with one attached hydrogen (secondary N) is 2. The van der Waals surface area contributed by atoms with E-state index in [1.54, 1.807) is 55.5 Å². The van der Waals surface area contributed by atoms with Crippen LogP contribution in [0.3, 0.4) is 0 Å². The molecule has 1 atom stereocenters. The monoisotopic (exact) mass is 366 g/mol. The molecule has 2 aromatic rings. The average Bonchev–Trinajstić information content (AvgIpc) is 3.46. The lowest BCUT2D eigenvalue weighted by molar-refractivity contribution is -0.122. The molecule has 0 aromatic heterocycles. The van der Waals surface area contributed by atoms with Gasteiger partial charge in [-0.3, -0.25) is 14.4 Å². The van der Waals surface area contributed by atoms with E-state index in [0.717, 1.165) is 12.8 Å². The molecule has 6 heteroatoms. The zero-order chi connectivity index (χ0) is 19.4. The standard InChI is InChI=1S/C21H22N2O4/c1-13(24)15-5-11-19(12-6-15)27-14(2)20(25)22-17-7-3-16(4-8-17)21(26)23-18-9-10-18/h3-8,11-12,14,18H,9-10H2,1-2H3,(H,22,25)(H,23,26)/t14-/m0/s1. The maximum absolute atomic E-state index is 12.3. The predicted octanol–water partition coefficient (Wildman–Crippen LogP) is 3.19. The lowest BCUT2D eigenvalue weighted by Gasteiger charge is -2.15. The number of hydrogen-bond donors (Lipinski definition) is 2. The van der Waals surface area contributed by atoms with Gasteiger partial charge < -0.3 is 15.4 Å².